The molecule has 0 aliphatic carbocycles. The molecule has 2 aromatic rings. The molecule has 1 aliphatic rings. The van der Waals surface area contributed by atoms with Crippen LogP contribution >= 0.6 is 0 Å². The van der Waals surface area contributed by atoms with E-state index in [-0.39, 0.29) is 28.8 Å². The molecule has 1 fully saturated rings. The Morgan fingerprint density at radius 1 is 1.09 bits per heavy atom. The number of carbonyl (C=O) groups is 5. The van der Waals surface area contributed by atoms with Crippen LogP contribution in [0.5, 0.6) is 5.75 Å². The number of imide groups is 2. The topological polar surface area (TPSA) is 146 Å². The molecule has 0 saturated carbocycles. The van der Waals surface area contributed by atoms with Crippen molar-refractivity contribution in [3.8, 4) is 5.75 Å². The summed E-state index contributed by atoms with van der Waals surface area (Å²) < 4.78 is 5.19. The van der Waals surface area contributed by atoms with E-state index in [1.165, 1.54) is 25.3 Å². The van der Waals surface area contributed by atoms with Gasteiger partial charge in [0.1, 0.15) is 5.75 Å². The minimum Gasteiger partial charge on any atom is -0.495 e. The van der Waals surface area contributed by atoms with Crippen molar-refractivity contribution in [2.45, 2.75) is 13.8 Å². The largest absolute Gasteiger partial charge is 0.495 e. The van der Waals surface area contributed by atoms with E-state index < -0.39 is 29.7 Å². The summed E-state index contributed by atoms with van der Waals surface area (Å²) in [4.78, 5) is 62.3. The monoisotopic (exact) mass is 465 g/mol. The number of benzene rings is 2. The quantitative estimate of drug-likeness (QED) is 0.323. The molecular formula is C23H23N5O6. The number of carbonyl (C=O) groups excluding carboxylic acids is 5. The zero-order valence-electron chi connectivity index (χ0n) is 18.7. The molecule has 0 spiro atoms. The summed E-state index contributed by atoms with van der Waals surface area (Å²) in [5.41, 5.74) is 3.17. The average Bonchev–Trinajstić information content (AvgIpc) is 2.81. The molecule has 11 nitrogen and oxygen atoms in total. The molecule has 1 aliphatic heterocycles. The molecule has 6 amide bonds. The van der Waals surface area contributed by atoms with E-state index in [4.69, 9.17) is 4.74 Å². The van der Waals surface area contributed by atoms with Gasteiger partial charge >= 0.3 is 6.03 Å². The number of barbiturate groups is 1. The smallest absolute Gasteiger partial charge is 0.335 e. The maximum absolute atomic E-state index is 12.9. The third-order valence-electron chi connectivity index (χ3n) is 4.86. The zero-order valence-corrected chi connectivity index (χ0v) is 18.7. The van der Waals surface area contributed by atoms with Crippen LogP contribution in [-0.4, -0.2) is 43.0 Å². The van der Waals surface area contributed by atoms with Crippen molar-refractivity contribution in [2.75, 3.05) is 17.3 Å². The van der Waals surface area contributed by atoms with Gasteiger partial charge in [-0.15, -0.1) is 0 Å². The van der Waals surface area contributed by atoms with E-state index in [0.717, 1.165) is 11.1 Å². The molecule has 176 valence electrons. The number of anilines is 2. The van der Waals surface area contributed by atoms with E-state index in [1.807, 2.05) is 0 Å². The average molecular weight is 465 g/mol. The molecule has 0 radical (unpaired) electrons. The highest BCUT2D eigenvalue weighted by Gasteiger charge is 2.41. The van der Waals surface area contributed by atoms with E-state index in [2.05, 4.69) is 21.2 Å². The van der Waals surface area contributed by atoms with Gasteiger partial charge in [-0.3, -0.25) is 24.5 Å². The fraction of sp³-hybridized carbons (Fsp3) is 0.217. The first-order valence-corrected chi connectivity index (χ1v) is 10.3. The van der Waals surface area contributed by atoms with Crippen molar-refractivity contribution in [1.29, 1.82) is 0 Å². The number of hydrogen-bond donors (Lipinski definition) is 3. The second kappa shape index (κ2) is 10.4. The third kappa shape index (κ3) is 5.26. The summed E-state index contributed by atoms with van der Waals surface area (Å²) in [6.45, 7) is 3.52. The van der Waals surface area contributed by atoms with Crippen LogP contribution in [0.2, 0.25) is 0 Å². The van der Waals surface area contributed by atoms with E-state index in [1.54, 1.807) is 44.2 Å². The van der Waals surface area contributed by atoms with Gasteiger partial charge in [-0.2, -0.15) is 5.10 Å². The SMILES string of the molecule is COc1ccccc1N1C(=O)NC(=O)[C@@H](/C=N\NC(=O)c2ccc(NC(=O)C(C)C)cc2)C1=O. The minimum absolute atomic E-state index is 0.155. The van der Waals surface area contributed by atoms with Gasteiger partial charge in [0.05, 0.1) is 12.8 Å². The second-order valence-electron chi connectivity index (χ2n) is 7.56. The Hall–Kier alpha value is -4.54. The molecule has 3 rings (SSSR count). The van der Waals surface area contributed by atoms with Crippen molar-refractivity contribution in [3.63, 3.8) is 0 Å². The van der Waals surface area contributed by atoms with Crippen LogP contribution in [0, 0.1) is 11.8 Å². The van der Waals surface area contributed by atoms with Crippen molar-refractivity contribution in [1.82, 2.24) is 10.7 Å². The number of hydrazone groups is 1. The van der Waals surface area contributed by atoms with E-state index in [9.17, 15) is 24.0 Å². The molecule has 0 aromatic heterocycles. The number of rotatable bonds is 7. The predicted molar refractivity (Wildman–Crippen MR) is 123 cm³/mol. The van der Waals surface area contributed by atoms with Crippen LogP contribution in [0.25, 0.3) is 0 Å². The molecule has 2 aromatic carbocycles. The highest BCUT2D eigenvalue weighted by atomic mass is 16.5. The highest BCUT2D eigenvalue weighted by molar-refractivity contribution is 6.33. The lowest BCUT2D eigenvalue weighted by molar-refractivity contribution is -0.131. The lowest BCUT2D eigenvalue weighted by Crippen LogP contribution is -2.58. The van der Waals surface area contributed by atoms with Gasteiger partial charge in [-0.1, -0.05) is 26.0 Å². The van der Waals surface area contributed by atoms with E-state index >= 15 is 0 Å². The zero-order chi connectivity index (χ0) is 24.8. The molecule has 11 heteroatoms. The number of para-hydroxylation sites is 2. The van der Waals surface area contributed by atoms with Crippen molar-refractivity contribution < 1.29 is 28.7 Å². The van der Waals surface area contributed by atoms with E-state index in [0.29, 0.717) is 5.69 Å². The van der Waals surface area contributed by atoms with Crippen LogP contribution in [-0.2, 0) is 14.4 Å². The van der Waals surface area contributed by atoms with Crippen LogP contribution < -0.4 is 25.7 Å². The van der Waals surface area contributed by atoms with Gasteiger partial charge in [0, 0.05) is 23.4 Å². The van der Waals surface area contributed by atoms with Gasteiger partial charge in [0.2, 0.25) is 11.8 Å². The van der Waals surface area contributed by atoms with Crippen molar-refractivity contribution in [3.05, 3.63) is 54.1 Å². The Morgan fingerprint density at radius 2 is 1.76 bits per heavy atom. The Morgan fingerprint density at radius 3 is 2.41 bits per heavy atom. The summed E-state index contributed by atoms with van der Waals surface area (Å²) in [6.07, 6.45) is 0.946. The van der Waals surface area contributed by atoms with Crippen molar-refractivity contribution >= 4 is 47.2 Å². The number of amides is 6. The molecule has 1 atom stereocenters. The summed E-state index contributed by atoms with van der Waals surface area (Å²) >= 11 is 0. The molecule has 1 saturated heterocycles. The number of methoxy groups -OCH3 is 1. The molecule has 0 unspecified atom stereocenters. The highest BCUT2D eigenvalue weighted by Crippen LogP contribution is 2.30. The maximum atomic E-state index is 12.9. The first-order valence-electron chi connectivity index (χ1n) is 10.3. The summed E-state index contributed by atoms with van der Waals surface area (Å²) in [5, 5.41) is 8.52. The number of ether oxygens (including phenoxy) is 1. The first-order chi connectivity index (χ1) is 16.2. The number of hydrogen-bond acceptors (Lipinski definition) is 7. The number of nitrogens with zero attached hydrogens (tertiary/aromatic N) is 2. The van der Waals surface area contributed by atoms with Gasteiger partial charge in [-0.25, -0.2) is 15.1 Å². The molecule has 3 N–H and O–H groups in total. The van der Waals surface area contributed by atoms with Crippen LogP contribution in [0.1, 0.15) is 24.2 Å². The molecule has 34 heavy (non-hydrogen) atoms. The van der Waals surface area contributed by atoms with Gasteiger partial charge < -0.3 is 10.1 Å². The summed E-state index contributed by atoms with van der Waals surface area (Å²) in [6, 6.07) is 11.5. The van der Waals surface area contributed by atoms with Gasteiger partial charge in [0.25, 0.3) is 11.8 Å². The fourth-order valence-corrected chi connectivity index (χ4v) is 2.99. The Bertz CT molecular complexity index is 1160. The maximum Gasteiger partial charge on any atom is 0.335 e. The minimum atomic E-state index is -1.45. The second-order valence-corrected chi connectivity index (χ2v) is 7.56. The Balaban J connectivity index is 1.69. The summed E-state index contributed by atoms with van der Waals surface area (Å²) in [7, 11) is 1.38. The molecule has 1 heterocycles. The van der Waals surface area contributed by atoms with Crippen LogP contribution in [0.4, 0.5) is 16.2 Å². The first kappa shape index (κ1) is 24.1. The molecule has 0 bridgehead atoms. The fourth-order valence-electron chi connectivity index (χ4n) is 2.99. The Labute approximate surface area is 195 Å². The lowest BCUT2D eigenvalue weighted by Gasteiger charge is -2.29. The van der Waals surface area contributed by atoms with Crippen molar-refractivity contribution in [2.24, 2.45) is 16.9 Å². The predicted octanol–water partition coefficient (Wildman–Crippen LogP) is 1.90. The normalized spacial score (nSPS) is 15.9. The third-order valence-corrected chi connectivity index (χ3v) is 4.86. The van der Waals surface area contributed by atoms with Gasteiger partial charge in [0.15, 0.2) is 5.92 Å². The standard InChI is InChI=1S/C23H23N5O6/c1-13(2)19(29)25-15-10-8-14(9-11-15)20(30)27-24-12-16-21(31)26-23(33)28(22(16)32)17-6-4-5-7-18(17)34-3/h4-13,16H,1-3H3,(H,25,29)(H,27,30)(H,26,31,33)/b24-12-/t16-/m1/s1. The number of nitrogens with one attached hydrogen (secondary N) is 3. The summed E-state index contributed by atoms with van der Waals surface area (Å²) in [5.74, 6) is -3.84. The van der Waals surface area contributed by atoms with Gasteiger partial charge in [-0.05, 0) is 36.4 Å². The Kier molecular flexibility index (Phi) is 7.36. The van der Waals surface area contributed by atoms with Crippen LogP contribution in [0.3, 0.4) is 0 Å². The van der Waals surface area contributed by atoms with Crippen LogP contribution in [0.15, 0.2) is 53.6 Å². The molecular weight excluding hydrogens is 442 g/mol. The number of urea groups is 1. The lowest BCUT2D eigenvalue weighted by atomic mass is 10.1.